The summed E-state index contributed by atoms with van der Waals surface area (Å²) >= 11 is 0. The fourth-order valence-electron chi connectivity index (χ4n) is 2.51. The van der Waals surface area contributed by atoms with E-state index in [0.717, 1.165) is 16.7 Å². The van der Waals surface area contributed by atoms with E-state index in [1.165, 1.54) is 27.5 Å². The standard InChI is InChI=1S/C16H16N2.Ni/c1-9-7-11(3)18-16-13(9)5-6-14-12(4)10(2)8-17-15(14)16;/h5-8H,1-4H3;/q;+2. The second-order valence-electron chi connectivity index (χ2n) is 5.00. The van der Waals surface area contributed by atoms with Crippen LogP contribution in [0.25, 0.3) is 21.8 Å². The first-order valence-electron chi connectivity index (χ1n) is 6.21. The number of aryl methyl sites for hydroxylation is 4. The van der Waals surface area contributed by atoms with Crippen LogP contribution in [0.2, 0.25) is 0 Å². The van der Waals surface area contributed by atoms with Crippen molar-refractivity contribution in [3.63, 3.8) is 0 Å². The van der Waals surface area contributed by atoms with Crippen LogP contribution in [-0.4, -0.2) is 9.97 Å². The fraction of sp³-hybridized carbons (Fsp3) is 0.250. The molecule has 0 saturated heterocycles. The largest absolute Gasteiger partial charge is 2.00 e. The molecular weight excluding hydrogens is 279 g/mol. The van der Waals surface area contributed by atoms with Crippen LogP contribution < -0.4 is 0 Å². The van der Waals surface area contributed by atoms with Crippen LogP contribution in [0.5, 0.6) is 0 Å². The second kappa shape index (κ2) is 4.90. The first kappa shape index (κ1) is 14.0. The summed E-state index contributed by atoms with van der Waals surface area (Å²) in [6.45, 7) is 8.41. The van der Waals surface area contributed by atoms with Crippen LogP contribution >= 0.6 is 0 Å². The van der Waals surface area contributed by atoms with E-state index in [2.05, 4.69) is 48.9 Å². The van der Waals surface area contributed by atoms with E-state index in [4.69, 9.17) is 0 Å². The number of aromatic nitrogens is 2. The van der Waals surface area contributed by atoms with Gasteiger partial charge in [0.25, 0.3) is 0 Å². The SMILES string of the molecule is Cc1cc(C)c2ccc3c(C)c(C)cnc3c2n1.[Ni+2]. The van der Waals surface area contributed by atoms with Gasteiger partial charge in [-0.3, -0.25) is 9.97 Å². The molecule has 3 rings (SSSR count). The Morgan fingerprint density at radius 2 is 1.53 bits per heavy atom. The topological polar surface area (TPSA) is 25.8 Å². The monoisotopic (exact) mass is 294 g/mol. The Hall–Kier alpha value is -1.47. The first-order valence-corrected chi connectivity index (χ1v) is 6.21. The molecule has 2 aromatic heterocycles. The molecule has 0 radical (unpaired) electrons. The maximum Gasteiger partial charge on any atom is 2.00 e. The molecule has 0 aliphatic carbocycles. The molecule has 19 heavy (non-hydrogen) atoms. The van der Waals surface area contributed by atoms with Crippen molar-refractivity contribution in [3.05, 3.63) is 46.8 Å². The van der Waals surface area contributed by atoms with Gasteiger partial charge in [0.05, 0.1) is 11.0 Å². The van der Waals surface area contributed by atoms with Crippen LogP contribution in [-0.2, 0) is 16.5 Å². The van der Waals surface area contributed by atoms with Gasteiger partial charge < -0.3 is 0 Å². The Labute approximate surface area is 123 Å². The van der Waals surface area contributed by atoms with Gasteiger partial charge in [-0.25, -0.2) is 0 Å². The van der Waals surface area contributed by atoms with E-state index in [1.54, 1.807) is 0 Å². The zero-order valence-electron chi connectivity index (χ0n) is 11.5. The Bertz CT molecular complexity index is 779. The van der Waals surface area contributed by atoms with Crippen LogP contribution in [0.4, 0.5) is 0 Å². The van der Waals surface area contributed by atoms with Crippen LogP contribution in [0.3, 0.4) is 0 Å². The molecule has 98 valence electrons. The van der Waals surface area contributed by atoms with Crippen molar-refractivity contribution in [2.45, 2.75) is 27.7 Å². The van der Waals surface area contributed by atoms with Gasteiger partial charge in [-0.1, -0.05) is 12.1 Å². The molecule has 2 nitrogen and oxygen atoms in total. The second-order valence-corrected chi connectivity index (χ2v) is 5.00. The van der Waals surface area contributed by atoms with Gasteiger partial charge in [0, 0.05) is 22.7 Å². The van der Waals surface area contributed by atoms with Crippen molar-refractivity contribution in [1.29, 1.82) is 0 Å². The van der Waals surface area contributed by atoms with Crippen LogP contribution in [0, 0.1) is 27.7 Å². The Kier molecular flexibility index (Phi) is 3.60. The number of pyridine rings is 2. The third-order valence-corrected chi connectivity index (χ3v) is 3.67. The molecule has 0 atom stereocenters. The first-order chi connectivity index (χ1) is 8.58. The summed E-state index contributed by atoms with van der Waals surface area (Å²) in [4.78, 5) is 9.26. The van der Waals surface area contributed by atoms with Gasteiger partial charge in [-0.2, -0.15) is 0 Å². The quantitative estimate of drug-likeness (QED) is 0.462. The van der Waals surface area contributed by atoms with Crippen LogP contribution in [0.1, 0.15) is 22.4 Å². The predicted octanol–water partition coefficient (Wildman–Crippen LogP) is 4.01. The predicted molar refractivity (Wildman–Crippen MR) is 76.0 cm³/mol. The third-order valence-electron chi connectivity index (χ3n) is 3.67. The Morgan fingerprint density at radius 3 is 2.26 bits per heavy atom. The number of rotatable bonds is 0. The number of fused-ring (bicyclic) bond motifs is 3. The minimum absolute atomic E-state index is 0. The van der Waals surface area contributed by atoms with E-state index in [-0.39, 0.29) is 16.5 Å². The molecule has 0 saturated carbocycles. The third kappa shape index (κ3) is 2.13. The molecule has 0 amide bonds. The van der Waals surface area contributed by atoms with E-state index in [1.807, 2.05) is 13.1 Å². The van der Waals surface area contributed by atoms with Crippen molar-refractivity contribution in [2.75, 3.05) is 0 Å². The van der Waals surface area contributed by atoms with E-state index < -0.39 is 0 Å². The van der Waals surface area contributed by atoms with E-state index in [0.29, 0.717) is 0 Å². The van der Waals surface area contributed by atoms with Gasteiger partial charge in [0.15, 0.2) is 0 Å². The molecule has 0 unspecified atom stereocenters. The Morgan fingerprint density at radius 1 is 0.842 bits per heavy atom. The minimum atomic E-state index is 0. The Balaban J connectivity index is 0.00000133. The summed E-state index contributed by atoms with van der Waals surface area (Å²) in [5, 5.41) is 2.41. The van der Waals surface area contributed by atoms with E-state index >= 15 is 0 Å². The van der Waals surface area contributed by atoms with E-state index in [9.17, 15) is 0 Å². The fourth-order valence-corrected chi connectivity index (χ4v) is 2.51. The van der Waals surface area contributed by atoms with Gasteiger partial charge in [-0.05, 0) is 50.5 Å². The molecule has 1 aromatic carbocycles. The smallest absolute Gasteiger partial charge is 0.254 e. The van der Waals surface area contributed by atoms with Gasteiger partial charge in [0.1, 0.15) is 0 Å². The molecule has 0 spiro atoms. The molecule has 0 aliphatic heterocycles. The minimum Gasteiger partial charge on any atom is -0.254 e. The van der Waals surface area contributed by atoms with Gasteiger partial charge >= 0.3 is 16.5 Å². The average Bonchev–Trinajstić information content (AvgIpc) is 2.33. The molecule has 0 bridgehead atoms. The maximum atomic E-state index is 4.67. The van der Waals surface area contributed by atoms with Gasteiger partial charge in [0.2, 0.25) is 0 Å². The van der Waals surface area contributed by atoms with Crippen molar-refractivity contribution in [3.8, 4) is 0 Å². The number of nitrogens with zero attached hydrogens (tertiary/aromatic N) is 2. The van der Waals surface area contributed by atoms with Crippen molar-refractivity contribution in [1.82, 2.24) is 9.97 Å². The number of hydrogen-bond donors (Lipinski definition) is 0. The summed E-state index contributed by atoms with van der Waals surface area (Å²) in [6.07, 6.45) is 1.94. The molecule has 3 heteroatoms. The molecular formula is C16H16N2Ni+2. The van der Waals surface area contributed by atoms with Crippen LogP contribution in [0.15, 0.2) is 24.4 Å². The molecule has 0 fully saturated rings. The number of benzene rings is 1. The normalized spacial score (nSPS) is 10.7. The maximum absolute atomic E-state index is 4.67. The number of hydrogen-bond acceptors (Lipinski definition) is 2. The van der Waals surface area contributed by atoms with Crippen molar-refractivity contribution >= 4 is 21.8 Å². The molecule has 3 aromatic rings. The molecule has 0 aliphatic rings. The zero-order chi connectivity index (χ0) is 12.9. The van der Waals surface area contributed by atoms with Crippen molar-refractivity contribution < 1.29 is 16.5 Å². The molecule has 0 N–H and O–H groups in total. The molecule has 2 heterocycles. The van der Waals surface area contributed by atoms with Crippen molar-refractivity contribution in [2.24, 2.45) is 0 Å². The zero-order valence-corrected chi connectivity index (χ0v) is 12.5. The summed E-state index contributed by atoms with van der Waals surface area (Å²) in [6, 6.07) is 6.44. The summed E-state index contributed by atoms with van der Waals surface area (Å²) in [5.74, 6) is 0. The van der Waals surface area contributed by atoms with Gasteiger partial charge in [-0.15, -0.1) is 0 Å². The summed E-state index contributed by atoms with van der Waals surface area (Å²) < 4.78 is 0. The summed E-state index contributed by atoms with van der Waals surface area (Å²) in [7, 11) is 0. The average molecular weight is 295 g/mol. The summed E-state index contributed by atoms with van der Waals surface area (Å²) in [5.41, 5.74) is 6.87.